The Morgan fingerprint density at radius 2 is 1.72 bits per heavy atom. The Morgan fingerprint density at radius 3 is 2.47 bits per heavy atom. The Hall–Kier alpha value is -3.48. The van der Waals surface area contributed by atoms with E-state index in [1.807, 2.05) is 45.0 Å². The monoisotopic (exact) mass is 439 g/mol. The normalized spacial score (nSPS) is 10.7. The highest BCUT2D eigenvalue weighted by atomic mass is 16.5. The van der Waals surface area contributed by atoms with Crippen molar-refractivity contribution in [2.24, 2.45) is 0 Å². The lowest BCUT2D eigenvalue weighted by Crippen LogP contribution is -2.30. The van der Waals surface area contributed by atoms with E-state index in [0.717, 1.165) is 22.9 Å². The van der Waals surface area contributed by atoms with Crippen molar-refractivity contribution in [3.63, 3.8) is 0 Å². The summed E-state index contributed by atoms with van der Waals surface area (Å²) >= 11 is 0. The van der Waals surface area contributed by atoms with Crippen LogP contribution in [0.5, 0.6) is 17.2 Å². The molecule has 1 N–H and O–H groups in total. The van der Waals surface area contributed by atoms with E-state index < -0.39 is 5.63 Å². The van der Waals surface area contributed by atoms with Crippen molar-refractivity contribution in [1.82, 2.24) is 5.32 Å². The van der Waals surface area contributed by atoms with Gasteiger partial charge in [0.1, 0.15) is 11.3 Å². The summed E-state index contributed by atoms with van der Waals surface area (Å²) in [4.78, 5) is 23.9. The number of hydrogen-bond donors (Lipinski definition) is 1. The van der Waals surface area contributed by atoms with Crippen LogP contribution in [0, 0.1) is 0 Å². The molecule has 2 aromatic carbocycles. The van der Waals surface area contributed by atoms with Gasteiger partial charge in [0.25, 0.3) is 5.91 Å². The molecule has 1 heterocycles. The van der Waals surface area contributed by atoms with E-state index in [9.17, 15) is 9.59 Å². The second kappa shape index (κ2) is 11.2. The van der Waals surface area contributed by atoms with Gasteiger partial charge in [-0.2, -0.15) is 0 Å². The average molecular weight is 440 g/mol. The quantitative estimate of drug-likeness (QED) is 0.456. The van der Waals surface area contributed by atoms with Gasteiger partial charge in [0.15, 0.2) is 18.1 Å². The molecule has 0 saturated heterocycles. The van der Waals surface area contributed by atoms with Crippen molar-refractivity contribution >= 4 is 16.9 Å². The minimum absolute atomic E-state index is 0.128. The standard InChI is InChI=1S/C25H29NO6/c1-4-18-14-25(28)32-22-15-19(8-9-20(18)22)31-16-24(27)26-12-11-17-7-10-21(29-5-2)23(13-17)30-6-3/h7-10,13-15H,4-6,11-12,16H2,1-3H3,(H,26,27). The molecule has 0 bridgehead atoms. The molecule has 0 atom stereocenters. The van der Waals surface area contributed by atoms with E-state index in [1.165, 1.54) is 6.07 Å². The molecule has 3 rings (SSSR count). The molecular weight excluding hydrogens is 410 g/mol. The van der Waals surface area contributed by atoms with E-state index in [1.54, 1.807) is 12.1 Å². The number of benzene rings is 2. The molecule has 170 valence electrons. The Bertz CT molecular complexity index is 1120. The lowest BCUT2D eigenvalue weighted by atomic mass is 10.1. The Morgan fingerprint density at radius 1 is 0.938 bits per heavy atom. The summed E-state index contributed by atoms with van der Waals surface area (Å²) in [7, 11) is 0. The molecule has 0 aliphatic carbocycles. The number of carbonyl (C=O) groups excluding carboxylic acids is 1. The second-order valence-corrected chi connectivity index (χ2v) is 7.14. The SMILES string of the molecule is CCOc1ccc(CCNC(=O)COc2ccc3c(CC)cc(=O)oc3c2)cc1OCC. The first-order valence-electron chi connectivity index (χ1n) is 10.9. The summed E-state index contributed by atoms with van der Waals surface area (Å²) in [5.41, 5.74) is 2.01. The summed E-state index contributed by atoms with van der Waals surface area (Å²) < 4.78 is 22.0. The number of fused-ring (bicyclic) bond motifs is 1. The lowest BCUT2D eigenvalue weighted by molar-refractivity contribution is -0.123. The Kier molecular flexibility index (Phi) is 8.14. The van der Waals surface area contributed by atoms with E-state index in [0.29, 0.717) is 49.0 Å². The summed E-state index contributed by atoms with van der Waals surface area (Å²) in [6.07, 6.45) is 1.38. The van der Waals surface area contributed by atoms with E-state index in [4.69, 9.17) is 18.6 Å². The van der Waals surface area contributed by atoms with Crippen LogP contribution >= 0.6 is 0 Å². The van der Waals surface area contributed by atoms with Crippen LogP contribution in [0.3, 0.4) is 0 Å². The Labute approximate surface area is 187 Å². The van der Waals surface area contributed by atoms with Gasteiger partial charge in [-0.05, 0) is 62.1 Å². The Balaban J connectivity index is 1.52. The lowest BCUT2D eigenvalue weighted by Gasteiger charge is -2.13. The third kappa shape index (κ3) is 6.03. The topological polar surface area (TPSA) is 87.0 Å². The third-order valence-corrected chi connectivity index (χ3v) is 4.90. The molecular formula is C25H29NO6. The number of amides is 1. The first-order chi connectivity index (χ1) is 15.5. The number of hydrogen-bond acceptors (Lipinski definition) is 6. The van der Waals surface area contributed by atoms with Crippen LogP contribution in [0.15, 0.2) is 51.7 Å². The maximum Gasteiger partial charge on any atom is 0.336 e. The minimum Gasteiger partial charge on any atom is -0.490 e. The highest BCUT2D eigenvalue weighted by molar-refractivity contribution is 5.82. The van der Waals surface area contributed by atoms with Crippen LogP contribution in [0.25, 0.3) is 11.0 Å². The summed E-state index contributed by atoms with van der Waals surface area (Å²) in [6.45, 7) is 7.29. The predicted molar refractivity (Wildman–Crippen MR) is 123 cm³/mol. The molecule has 3 aromatic rings. The van der Waals surface area contributed by atoms with E-state index in [2.05, 4.69) is 5.32 Å². The van der Waals surface area contributed by atoms with Crippen molar-refractivity contribution in [3.05, 3.63) is 64.0 Å². The van der Waals surface area contributed by atoms with Crippen LogP contribution in [0.4, 0.5) is 0 Å². The molecule has 7 nitrogen and oxygen atoms in total. The van der Waals surface area contributed by atoms with Crippen molar-refractivity contribution in [2.75, 3.05) is 26.4 Å². The van der Waals surface area contributed by atoms with Gasteiger partial charge < -0.3 is 23.9 Å². The summed E-state index contributed by atoms with van der Waals surface area (Å²) in [5, 5.41) is 3.71. The molecule has 1 aromatic heterocycles. The zero-order chi connectivity index (χ0) is 22.9. The third-order valence-electron chi connectivity index (χ3n) is 4.90. The number of nitrogens with one attached hydrogen (secondary N) is 1. The number of ether oxygens (including phenoxy) is 3. The summed E-state index contributed by atoms with van der Waals surface area (Å²) in [6, 6.07) is 12.5. The van der Waals surface area contributed by atoms with E-state index in [-0.39, 0.29) is 12.5 Å². The van der Waals surface area contributed by atoms with Crippen molar-refractivity contribution in [1.29, 1.82) is 0 Å². The molecule has 0 saturated carbocycles. The maximum absolute atomic E-state index is 12.2. The van der Waals surface area contributed by atoms with Gasteiger partial charge >= 0.3 is 5.63 Å². The van der Waals surface area contributed by atoms with Gasteiger partial charge in [-0.3, -0.25) is 4.79 Å². The fourth-order valence-corrected chi connectivity index (χ4v) is 3.39. The maximum atomic E-state index is 12.2. The van der Waals surface area contributed by atoms with Crippen LogP contribution in [0.2, 0.25) is 0 Å². The highest BCUT2D eigenvalue weighted by Gasteiger charge is 2.09. The van der Waals surface area contributed by atoms with Gasteiger partial charge in [-0.25, -0.2) is 4.79 Å². The van der Waals surface area contributed by atoms with Crippen molar-refractivity contribution in [2.45, 2.75) is 33.6 Å². The smallest absolute Gasteiger partial charge is 0.336 e. The van der Waals surface area contributed by atoms with Crippen LogP contribution in [-0.2, 0) is 17.6 Å². The highest BCUT2D eigenvalue weighted by Crippen LogP contribution is 2.28. The molecule has 0 aliphatic rings. The fourth-order valence-electron chi connectivity index (χ4n) is 3.39. The number of rotatable bonds is 11. The summed E-state index contributed by atoms with van der Waals surface area (Å²) in [5.74, 6) is 1.66. The first kappa shape index (κ1) is 23.2. The van der Waals surface area contributed by atoms with Gasteiger partial charge in [0.2, 0.25) is 0 Å². The van der Waals surface area contributed by atoms with Crippen molar-refractivity contribution < 1.29 is 23.4 Å². The second-order valence-electron chi connectivity index (χ2n) is 7.14. The van der Waals surface area contributed by atoms with Gasteiger partial charge in [-0.1, -0.05) is 13.0 Å². The molecule has 0 unspecified atom stereocenters. The van der Waals surface area contributed by atoms with Gasteiger partial charge in [0.05, 0.1) is 13.2 Å². The molecule has 0 aliphatic heterocycles. The van der Waals surface area contributed by atoms with Crippen LogP contribution in [0.1, 0.15) is 31.9 Å². The minimum atomic E-state index is -0.397. The fraction of sp³-hybridized carbons (Fsp3) is 0.360. The molecule has 32 heavy (non-hydrogen) atoms. The van der Waals surface area contributed by atoms with E-state index >= 15 is 0 Å². The number of aryl methyl sites for hydroxylation is 1. The van der Waals surface area contributed by atoms with Crippen LogP contribution < -0.4 is 25.2 Å². The van der Waals surface area contributed by atoms with Gasteiger partial charge in [0, 0.05) is 24.1 Å². The van der Waals surface area contributed by atoms with Crippen molar-refractivity contribution in [3.8, 4) is 17.2 Å². The average Bonchev–Trinajstić information content (AvgIpc) is 2.78. The zero-order valence-corrected chi connectivity index (χ0v) is 18.7. The van der Waals surface area contributed by atoms with Crippen LogP contribution in [-0.4, -0.2) is 32.3 Å². The molecule has 1 amide bonds. The number of carbonyl (C=O) groups is 1. The largest absolute Gasteiger partial charge is 0.490 e. The molecule has 7 heteroatoms. The predicted octanol–water partition coefficient (Wildman–Crippen LogP) is 3.89. The molecule has 0 fully saturated rings. The first-order valence-corrected chi connectivity index (χ1v) is 10.9. The molecule has 0 radical (unpaired) electrons. The van der Waals surface area contributed by atoms with Gasteiger partial charge in [-0.15, -0.1) is 0 Å². The molecule has 0 spiro atoms. The zero-order valence-electron chi connectivity index (χ0n) is 18.7.